The molecule has 0 aliphatic heterocycles. The van der Waals surface area contributed by atoms with Gasteiger partial charge in [-0.2, -0.15) is 13.2 Å². The van der Waals surface area contributed by atoms with E-state index >= 15 is 0 Å². The lowest BCUT2D eigenvalue weighted by molar-refractivity contribution is -0.141. The van der Waals surface area contributed by atoms with Crippen LogP contribution in [0.15, 0.2) is 30.3 Å². The zero-order chi connectivity index (χ0) is 15.6. The van der Waals surface area contributed by atoms with Gasteiger partial charge in [-0.3, -0.25) is 0 Å². The second-order valence-electron chi connectivity index (χ2n) is 4.68. The van der Waals surface area contributed by atoms with Gasteiger partial charge in [0.05, 0.1) is 6.04 Å². The number of hydrogen-bond donors (Lipinski definition) is 1. The molecule has 3 nitrogen and oxygen atoms in total. The number of benzene rings is 1. The fourth-order valence-electron chi connectivity index (χ4n) is 1.74. The fraction of sp³-hybridized carbons (Fsp3) is 0.286. The molecule has 0 aliphatic rings. The van der Waals surface area contributed by atoms with Crippen LogP contribution in [0.4, 0.5) is 23.4 Å². The van der Waals surface area contributed by atoms with Crippen molar-refractivity contribution in [3.63, 3.8) is 0 Å². The highest BCUT2D eigenvalue weighted by molar-refractivity contribution is 5.38. The first kappa shape index (κ1) is 15.2. The maximum atomic E-state index is 13.5. The van der Waals surface area contributed by atoms with Crippen LogP contribution < -0.4 is 5.32 Å². The zero-order valence-electron chi connectivity index (χ0n) is 11.4. The molecule has 1 atom stereocenters. The quantitative estimate of drug-likeness (QED) is 0.866. The van der Waals surface area contributed by atoms with E-state index in [9.17, 15) is 17.6 Å². The molecule has 112 valence electrons. The summed E-state index contributed by atoms with van der Waals surface area (Å²) in [6.07, 6.45) is -4.52. The molecule has 0 saturated carbocycles. The van der Waals surface area contributed by atoms with Gasteiger partial charge in [-0.15, -0.1) is 10.2 Å². The van der Waals surface area contributed by atoms with Crippen LogP contribution in [0.1, 0.15) is 29.8 Å². The molecule has 2 aromatic rings. The fourth-order valence-corrected chi connectivity index (χ4v) is 1.74. The number of aromatic nitrogens is 2. The van der Waals surface area contributed by atoms with Gasteiger partial charge in [0.2, 0.25) is 0 Å². The lowest BCUT2D eigenvalue weighted by atomic mass is 10.1. The largest absolute Gasteiger partial charge is 0.435 e. The highest BCUT2D eigenvalue weighted by Gasteiger charge is 2.32. The summed E-state index contributed by atoms with van der Waals surface area (Å²) in [4.78, 5) is 0. The van der Waals surface area contributed by atoms with Crippen molar-refractivity contribution in [2.45, 2.75) is 26.1 Å². The van der Waals surface area contributed by atoms with E-state index in [0.717, 1.165) is 6.07 Å². The number of aryl methyl sites for hydroxylation is 1. The van der Waals surface area contributed by atoms with Gasteiger partial charge in [0, 0.05) is 0 Å². The van der Waals surface area contributed by atoms with Crippen molar-refractivity contribution in [3.05, 3.63) is 53.0 Å². The Bertz CT molecular complexity index is 623. The molecule has 0 bridgehead atoms. The predicted octanol–water partition coefficient (Wildman–Crippen LogP) is 4.12. The maximum Gasteiger partial charge on any atom is 0.435 e. The first-order valence-corrected chi connectivity index (χ1v) is 6.21. The molecule has 0 aliphatic carbocycles. The maximum absolute atomic E-state index is 13.5. The molecule has 0 saturated heterocycles. The third-order valence-electron chi connectivity index (χ3n) is 3.02. The summed E-state index contributed by atoms with van der Waals surface area (Å²) >= 11 is 0. The number of hydrogen-bond acceptors (Lipinski definition) is 3. The average molecular weight is 299 g/mol. The summed E-state index contributed by atoms with van der Waals surface area (Å²) < 4.78 is 50.6. The SMILES string of the molecule is Cc1ccc(C(C)Nc2ccc(C(F)(F)F)nn2)cc1F. The van der Waals surface area contributed by atoms with E-state index in [1.54, 1.807) is 26.0 Å². The van der Waals surface area contributed by atoms with Gasteiger partial charge in [-0.1, -0.05) is 12.1 Å². The van der Waals surface area contributed by atoms with E-state index in [2.05, 4.69) is 15.5 Å². The summed E-state index contributed by atoms with van der Waals surface area (Å²) in [6.45, 7) is 3.40. The van der Waals surface area contributed by atoms with Crippen molar-refractivity contribution in [2.24, 2.45) is 0 Å². The Morgan fingerprint density at radius 2 is 1.81 bits per heavy atom. The van der Waals surface area contributed by atoms with Crippen molar-refractivity contribution < 1.29 is 17.6 Å². The van der Waals surface area contributed by atoms with Gasteiger partial charge >= 0.3 is 6.18 Å². The Kier molecular flexibility index (Phi) is 4.11. The van der Waals surface area contributed by atoms with Crippen molar-refractivity contribution in [1.29, 1.82) is 0 Å². The summed E-state index contributed by atoms with van der Waals surface area (Å²) in [5.74, 6) is -0.142. The number of nitrogens with zero attached hydrogens (tertiary/aromatic N) is 2. The highest BCUT2D eigenvalue weighted by atomic mass is 19.4. The Morgan fingerprint density at radius 3 is 2.33 bits per heavy atom. The molecule has 0 radical (unpaired) electrons. The van der Waals surface area contributed by atoms with Crippen molar-refractivity contribution in [1.82, 2.24) is 10.2 Å². The minimum absolute atomic E-state index is 0.191. The van der Waals surface area contributed by atoms with Gasteiger partial charge in [0.15, 0.2) is 5.69 Å². The monoisotopic (exact) mass is 299 g/mol. The highest BCUT2D eigenvalue weighted by Crippen LogP contribution is 2.27. The van der Waals surface area contributed by atoms with Crippen LogP contribution in [-0.2, 0) is 6.18 Å². The number of rotatable bonds is 3. The lowest BCUT2D eigenvalue weighted by Crippen LogP contribution is -2.12. The third kappa shape index (κ3) is 3.68. The van der Waals surface area contributed by atoms with Crippen LogP contribution in [-0.4, -0.2) is 10.2 Å². The van der Waals surface area contributed by atoms with Crippen LogP contribution in [0, 0.1) is 12.7 Å². The minimum Gasteiger partial charge on any atom is -0.362 e. The summed E-state index contributed by atoms with van der Waals surface area (Å²) in [7, 11) is 0. The van der Waals surface area contributed by atoms with Crippen LogP contribution in [0.2, 0.25) is 0 Å². The van der Waals surface area contributed by atoms with Crippen LogP contribution in [0.3, 0.4) is 0 Å². The molecule has 0 fully saturated rings. The molecule has 0 spiro atoms. The van der Waals surface area contributed by atoms with Crippen LogP contribution in [0.5, 0.6) is 0 Å². The molecule has 1 N–H and O–H groups in total. The summed E-state index contributed by atoms with van der Waals surface area (Å²) in [5, 5.41) is 9.47. The average Bonchev–Trinajstić information content (AvgIpc) is 2.41. The standard InChI is InChI=1S/C14H13F4N3/c1-8-3-4-10(7-11(8)15)9(2)19-13-6-5-12(20-21-13)14(16,17)18/h3-7,9H,1-2H3,(H,19,21). The van der Waals surface area contributed by atoms with Gasteiger partial charge < -0.3 is 5.32 Å². The van der Waals surface area contributed by atoms with E-state index < -0.39 is 11.9 Å². The molecule has 1 unspecified atom stereocenters. The molecular weight excluding hydrogens is 286 g/mol. The number of nitrogens with one attached hydrogen (secondary N) is 1. The van der Waals surface area contributed by atoms with Crippen molar-refractivity contribution in [3.8, 4) is 0 Å². The van der Waals surface area contributed by atoms with Gasteiger partial charge in [0.1, 0.15) is 11.6 Å². The van der Waals surface area contributed by atoms with E-state index in [0.29, 0.717) is 11.1 Å². The first-order valence-electron chi connectivity index (χ1n) is 6.21. The molecule has 1 heterocycles. The van der Waals surface area contributed by atoms with Crippen LogP contribution in [0.25, 0.3) is 0 Å². The topological polar surface area (TPSA) is 37.8 Å². The number of halogens is 4. The first-order chi connectivity index (χ1) is 9.77. The minimum atomic E-state index is -4.52. The van der Waals surface area contributed by atoms with Crippen molar-refractivity contribution in [2.75, 3.05) is 5.32 Å². The molecular formula is C14H13F4N3. The second-order valence-corrected chi connectivity index (χ2v) is 4.68. The number of alkyl halides is 3. The summed E-state index contributed by atoms with van der Waals surface area (Å²) in [6, 6.07) is 6.49. The second kappa shape index (κ2) is 5.67. The van der Waals surface area contributed by atoms with Crippen LogP contribution >= 0.6 is 0 Å². The van der Waals surface area contributed by atoms with E-state index in [1.165, 1.54) is 12.1 Å². The zero-order valence-corrected chi connectivity index (χ0v) is 11.4. The van der Waals surface area contributed by atoms with Gasteiger partial charge in [-0.05, 0) is 43.2 Å². The Labute approximate surface area is 119 Å². The van der Waals surface area contributed by atoms with Gasteiger partial charge in [0.25, 0.3) is 0 Å². The molecule has 2 rings (SSSR count). The smallest absolute Gasteiger partial charge is 0.362 e. The Balaban J connectivity index is 2.12. The molecule has 7 heteroatoms. The van der Waals surface area contributed by atoms with E-state index in [4.69, 9.17) is 0 Å². The van der Waals surface area contributed by atoms with Crippen molar-refractivity contribution >= 4 is 5.82 Å². The molecule has 1 aromatic heterocycles. The molecule has 1 aromatic carbocycles. The third-order valence-corrected chi connectivity index (χ3v) is 3.02. The Hall–Kier alpha value is -2.18. The van der Waals surface area contributed by atoms with Gasteiger partial charge in [-0.25, -0.2) is 4.39 Å². The normalized spacial score (nSPS) is 13.0. The number of anilines is 1. The van der Waals surface area contributed by atoms with E-state index in [1.807, 2.05) is 0 Å². The lowest BCUT2D eigenvalue weighted by Gasteiger charge is -2.15. The molecule has 21 heavy (non-hydrogen) atoms. The molecule has 0 amide bonds. The predicted molar refractivity (Wildman–Crippen MR) is 70.2 cm³/mol. The summed E-state index contributed by atoms with van der Waals surface area (Å²) in [5.41, 5.74) is 0.141. The van der Waals surface area contributed by atoms with E-state index in [-0.39, 0.29) is 17.7 Å². The Morgan fingerprint density at radius 1 is 1.10 bits per heavy atom.